The van der Waals surface area contributed by atoms with E-state index in [2.05, 4.69) is 28.5 Å². The zero-order valence-corrected chi connectivity index (χ0v) is 10.9. The molecule has 1 saturated heterocycles. The molecule has 1 fully saturated rings. The maximum atomic E-state index is 4.80. The van der Waals surface area contributed by atoms with Crippen LogP contribution in [0.25, 0.3) is 5.57 Å². The first-order valence-electron chi connectivity index (χ1n) is 6.50. The van der Waals surface area contributed by atoms with Crippen LogP contribution in [0.15, 0.2) is 23.6 Å². The highest BCUT2D eigenvalue weighted by Gasteiger charge is 2.15. The Kier molecular flexibility index (Phi) is 3.27. The number of aromatic nitrogens is 1. The summed E-state index contributed by atoms with van der Waals surface area (Å²) in [7, 11) is 0. The summed E-state index contributed by atoms with van der Waals surface area (Å²) in [5.41, 5.74) is 2.59. The van der Waals surface area contributed by atoms with Crippen LogP contribution in [0, 0.1) is 0 Å². The van der Waals surface area contributed by atoms with Gasteiger partial charge in [0.1, 0.15) is 0 Å². The predicted octanol–water partition coefficient (Wildman–Crippen LogP) is 3.87. The van der Waals surface area contributed by atoms with Crippen LogP contribution in [0.1, 0.15) is 37.8 Å². The van der Waals surface area contributed by atoms with Gasteiger partial charge in [-0.1, -0.05) is 18.2 Å². The van der Waals surface area contributed by atoms with Crippen molar-refractivity contribution in [1.82, 2.24) is 4.98 Å². The van der Waals surface area contributed by atoms with Crippen LogP contribution in [0.2, 0.25) is 0 Å². The van der Waals surface area contributed by atoms with Crippen molar-refractivity contribution in [2.24, 2.45) is 0 Å². The molecule has 0 amide bonds. The third kappa shape index (κ3) is 2.44. The van der Waals surface area contributed by atoms with E-state index in [0.29, 0.717) is 0 Å². The summed E-state index contributed by atoms with van der Waals surface area (Å²) < 4.78 is 0. The second kappa shape index (κ2) is 5.05. The van der Waals surface area contributed by atoms with Crippen molar-refractivity contribution in [3.8, 4) is 0 Å². The number of hydrogen-bond acceptors (Lipinski definition) is 3. The standard InChI is InChI=1S/C14H18N2S/c1-3-7-12(8-4-1)13-11-17-14(15-13)16-9-5-2-6-10-16/h1,3,7,11H,2,4-6,8-10H2. The number of rotatable bonds is 2. The van der Waals surface area contributed by atoms with Gasteiger partial charge in [0.2, 0.25) is 0 Å². The van der Waals surface area contributed by atoms with Crippen molar-refractivity contribution < 1.29 is 0 Å². The van der Waals surface area contributed by atoms with Crippen LogP contribution in [-0.2, 0) is 0 Å². The Balaban J connectivity index is 1.77. The highest BCUT2D eigenvalue weighted by atomic mass is 32.1. The first kappa shape index (κ1) is 11.0. The van der Waals surface area contributed by atoms with Crippen LogP contribution in [0.4, 0.5) is 5.13 Å². The van der Waals surface area contributed by atoms with Crippen molar-refractivity contribution >= 4 is 22.0 Å². The van der Waals surface area contributed by atoms with Gasteiger partial charge in [-0.3, -0.25) is 0 Å². The van der Waals surface area contributed by atoms with Gasteiger partial charge >= 0.3 is 0 Å². The number of anilines is 1. The molecule has 2 nitrogen and oxygen atoms in total. The highest BCUT2D eigenvalue weighted by molar-refractivity contribution is 7.13. The van der Waals surface area contributed by atoms with Gasteiger partial charge in [0.25, 0.3) is 0 Å². The Morgan fingerprint density at radius 2 is 2.06 bits per heavy atom. The van der Waals surface area contributed by atoms with E-state index in [9.17, 15) is 0 Å². The molecule has 0 radical (unpaired) electrons. The molecule has 90 valence electrons. The largest absolute Gasteiger partial charge is 0.348 e. The molecule has 3 rings (SSSR count). The number of nitrogens with zero attached hydrogens (tertiary/aromatic N) is 2. The molecular formula is C14H18N2S. The van der Waals surface area contributed by atoms with Crippen molar-refractivity contribution in [1.29, 1.82) is 0 Å². The summed E-state index contributed by atoms with van der Waals surface area (Å²) in [6, 6.07) is 0. The normalized spacial score (nSPS) is 20.5. The minimum absolute atomic E-state index is 1.14. The molecule has 0 bridgehead atoms. The van der Waals surface area contributed by atoms with Gasteiger partial charge in [-0.2, -0.15) is 0 Å². The predicted molar refractivity (Wildman–Crippen MR) is 74.5 cm³/mol. The minimum Gasteiger partial charge on any atom is -0.348 e. The van der Waals surface area contributed by atoms with Gasteiger partial charge in [0, 0.05) is 18.5 Å². The van der Waals surface area contributed by atoms with Gasteiger partial charge in [0.15, 0.2) is 5.13 Å². The van der Waals surface area contributed by atoms with Crippen molar-refractivity contribution in [3.05, 3.63) is 29.3 Å². The van der Waals surface area contributed by atoms with Crippen molar-refractivity contribution in [2.45, 2.75) is 32.1 Å². The van der Waals surface area contributed by atoms with Crippen molar-refractivity contribution in [2.75, 3.05) is 18.0 Å². The quantitative estimate of drug-likeness (QED) is 0.787. The number of hydrogen-bond donors (Lipinski definition) is 0. The van der Waals surface area contributed by atoms with Gasteiger partial charge in [-0.25, -0.2) is 4.98 Å². The molecule has 0 saturated carbocycles. The molecule has 3 heteroatoms. The summed E-state index contributed by atoms with van der Waals surface area (Å²) in [5.74, 6) is 0. The van der Waals surface area contributed by atoms with E-state index in [0.717, 1.165) is 12.8 Å². The first-order valence-corrected chi connectivity index (χ1v) is 7.38. The lowest BCUT2D eigenvalue weighted by Crippen LogP contribution is -2.29. The third-order valence-corrected chi connectivity index (χ3v) is 4.36. The summed E-state index contributed by atoms with van der Waals surface area (Å²) in [4.78, 5) is 7.24. The maximum Gasteiger partial charge on any atom is 0.185 e. The number of thiazole rings is 1. The number of piperidine rings is 1. The molecule has 2 aliphatic rings. The summed E-state index contributed by atoms with van der Waals surface area (Å²) >= 11 is 1.80. The molecule has 0 unspecified atom stereocenters. The SMILES string of the molecule is C1=CCCC(c2csc(N3CCCCC3)n2)=C1. The molecule has 1 aliphatic heterocycles. The lowest BCUT2D eigenvalue weighted by atomic mass is 10.0. The monoisotopic (exact) mass is 246 g/mol. The summed E-state index contributed by atoms with van der Waals surface area (Å²) in [5, 5.41) is 3.43. The second-order valence-electron chi connectivity index (χ2n) is 4.72. The number of allylic oxidation sites excluding steroid dienone is 4. The Bertz CT molecular complexity index is 439. The molecule has 1 aromatic rings. The molecular weight excluding hydrogens is 228 g/mol. The molecule has 1 aliphatic carbocycles. The third-order valence-electron chi connectivity index (χ3n) is 3.46. The van der Waals surface area contributed by atoms with Gasteiger partial charge in [0.05, 0.1) is 5.69 Å². The lowest BCUT2D eigenvalue weighted by Gasteiger charge is -2.25. The Morgan fingerprint density at radius 1 is 1.18 bits per heavy atom. The first-order chi connectivity index (χ1) is 8.43. The smallest absolute Gasteiger partial charge is 0.185 e. The van der Waals surface area contributed by atoms with E-state index in [1.165, 1.54) is 48.8 Å². The lowest BCUT2D eigenvalue weighted by molar-refractivity contribution is 0.577. The van der Waals surface area contributed by atoms with Crippen LogP contribution in [0.5, 0.6) is 0 Å². The molecule has 0 aromatic carbocycles. The van der Waals surface area contributed by atoms with E-state index < -0.39 is 0 Å². The van der Waals surface area contributed by atoms with Gasteiger partial charge in [-0.05, 0) is 37.7 Å². The van der Waals surface area contributed by atoms with E-state index in [1.807, 2.05) is 0 Å². The minimum atomic E-state index is 1.14. The molecule has 17 heavy (non-hydrogen) atoms. The average Bonchev–Trinajstić information content (AvgIpc) is 2.90. The van der Waals surface area contributed by atoms with Crippen LogP contribution in [0.3, 0.4) is 0 Å². The highest BCUT2D eigenvalue weighted by Crippen LogP contribution is 2.29. The van der Waals surface area contributed by atoms with E-state index in [4.69, 9.17) is 4.98 Å². The van der Waals surface area contributed by atoms with Gasteiger partial charge < -0.3 is 4.90 Å². The van der Waals surface area contributed by atoms with E-state index in [1.54, 1.807) is 11.3 Å². The molecule has 1 aromatic heterocycles. The fourth-order valence-electron chi connectivity index (χ4n) is 2.46. The Hall–Kier alpha value is -1.09. The second-order valence-corrected chi connectivity index (χ2v) is 5.56. The van der Waals surface area contributed by atoms with E-state index >= 15 is 0 Å². The zero-order chi connectivity index (χ0) is 11.5. The molecule has 0 atom stereocenters. The zero-order valence-electron chi connectivity index (χ0n) is 10.1. The maximum absolute atomic E-state index is 4.80. The summed E-state index contributed by atoms with van der Waals surface area (Å²) in [6.45, 7) is 2.37. The molecule has 2 heterocycles. The average molecular weight is 246 g/mol. The van der Waals surface area contributed by atoms with E-state index in [-0.39, 0.29) is 0 Å². The fraction of sp³-hybridized carbons (Fsp3) is 0.500. The summed E-state index contributed by atoms with van der Waals surface area (Å²) in [6.07, 6.45) is 12.9. The van der Waals surface area contributed by atoms with Gasteiger partial charge in [-0.15, -0.1) is 11.3 Å². The van der Waals surface area contributed by atoms with Crippen molar-refractivity contribution in [3.63, 3.8) is 0 Å². The molecule has 0 N–H and O–H groups in total. The van der Waals surface area contributed by atoms with Crippen LogP contribution < -0.4 is 4.90 Å². The molecule has 0 spiro atoms. The van der Waals surface area contributed by atoms with Crippen LogP contribution in [-0.4, -0.2) is 18.1 Å². The Labute approximate surface area is 107 Å². The topological polar surface area (TPSA) is 16.1 Å². The fourth-order valence-corrected chi connectivity index (χ4v) is 3.36. The Morgan fingerprint density at radius 3 is 2.82 bits per heavy atom. The van der Waals surface area contributed by atoms with Crippen LogP contribution >= 0.6 is 11.3 Å².